The van der Waals surface area contributed by atoms with Gasteiger partial charge in [-0.1, -0.05) is 13.8 Å². The first-order chi connectivity index (χ1) is 7.95. The maximum Gasteiger partial charge on any atom is 0.241 e. The van der Waals surface area contributed by atoms with Gasteiger partial charge in [0.15, 0.2) is 0 Å². The van der Waals surface area contributed by atoms with Gasteiger partial charge in [0.05, 0.1) is 12.3 Å². The second-order valence-corrected chi connectivity index (χ2v) is 4.66. The SMILES string of the molecule is Cc1nn(CC(=O)NCC(C)C)c(C)c1CO. The summed E-state index contributed by atoms with van der Waals surface area (Å²) in [6.45, 7) is 8.64. The summed E-state index contributed by atoms with van der Waals surface area (Å²) in [6, 6.07) is 0. The molecular formula is C12H21N3O2. The lowest BCUT2D eigenvalue weighted by Crippen LogP contribution is -2.31. The van der Waals surface area contributed by atoms with E-state index in [4.69, 9.17) is 5.11 Å². The van der Waals surface area contributed by atoms with Gasteiger partial charge in [0.2, 0.25) is 5.91 Å². The molecule has 2 N–H and O–H groups in total. The molecule has 1 rings (SSSR count). The van der Waals surface area contributed by atoms with E-state index in [1.54, 1.807) is 4.68 Å². The minimum atomic E-state index is -0.0474. The molecule has 0 saturated carbocycles. The molecule has 0 atom stereocenters. The molecule has 1 aromatic heterocycles. The number of hydrogen-bond acceptors (Lipinski definition) is 3. The van der Waals surface area contributed by atoms with Crippen LogP contribution in [-0.2, 0) is 17.9 Å². The van der Waals surface area contributed by atoms with E-state index in [2.05, 4.69) is 10.4 Å². The first-order valence-electron chi connectivity index (χ1n) is 5.86. The van der Waals surface area contributed by atoms with Crippen molar-refractivity contribution in [1.82, 2.24) is 15.1 Å². The fourth-order valence-corrected chi connectivity index (χ4v) is 1.63. The largest absolute Gasteiger partial charge is 0.392 e. The molecule has 0 aliphatic heterocycles. The molecule has 0 fully saturated rings. The van der Waals surface area contributed by atoms with Gasteiger partial charge in [-0.05, 0) is 19.8 Å². The average Bonchev–Trinajstić information content (AvgIpc) is 2.51. The van der Waals surface area contributed by atoms with E-state index in [1.165, 1.54) is 0 Å². The molecule has 0 aliphatic rings. The van der Waals surface area contributed by atoms with Crippen molar-refractivity contribution >= 4 is 5.91 Å². The van der Waals surface area contributed by atoms with Gasteiger partial charge in [-0.25, -0.2) is 0 Å². The van der Waals surface area contributed by atoms with E-state index in [1.807, 2.05) is 27.7 Å². The van der Waals surface area contributed by atoms with Gasteiger partial charge in [0.1, 0.15) is 6.54 Å². The Balaban J connectivity index is 2.66. The third-order valence-corrected chi connectivity index (χ3v) is 2.69. The van der Waals surface area contributed by atoms with Crippen LogP contribution >= 0.6 is 0 Å². The van der Waals surface area contributed by atoms with E-state index < -0.39 is 0 Å². The van der Waals surface area contributed by atoms with Crippen molar-refractivity contribution in [3.05, 3.63) is 17.0 Å². The predicted molar refractivity (Wildman–Crippen MR) is 65.5 cm³/mol. The van der Waals surface area contributed by atoms with E-state index in [0.717, 1.165) is 17.0 Å². The van der Waals surface area contributed by atoms with Crippen LogP contribution in [0, 0.1) is 19.8 Å². The first kappa shape index (κ1) is 13.7. The lowest BCUT2D eigenvalue weighted by molar-refractivity contribution is -0.122. The summed E-state index contributed by atoms with van der Waals surface area (Å²) < 4.78 is 1.64. The Kier molecular flexibility index (Phi) is 4.69. The Morgan fingerprint density at radius 1 is 1.47 bits per heavy atom. The number of nitrogens with zero attached hydrogens (tertiary/aromatic N) is 2. The van der Waals surface area contributed by atoms with Crippen molar-refractivity contribution in [2.24, 2.45) is 5.92 Å². The summed E-state index contributed by atoms with van der Waals surface area (Å²) in [5.41, 5.74) is 2.44. The lowest BCUT2D eigenvalue weighted by atomic mass is 10.2. The summed E-state index contributed by atoms with van der Waals surface area (Å²) >= 11 is 0. The van der Waals surface area contributed by atoms with E-state index in [9.17, 15) is 4.79 Å². The number of hydrogen-bond donors (Lipinski definition) is 2. The zero-order valence-electron chi connectivity index (χ0n) is 10.9. The topological polar surface area (TPSA) is 67.2 Å². The third kappa shape index (κ3) is 3.56. The fourth-order valence-electron chi connectivity index (χ4n) is 1.63. The number of aliphatic hydroxyl groups is 1. The number of carbonyl (C=O) groups is 1. The van der Waals surface area contributed by atoms with Crippen molar-refractivity contribution in [3.8, 4) is 0 Å². The summed E-state index contributed by atoms with van der Waals surface area (Å²) in [5.74, 6) is 0.390. The standard InChI is InChI=1S/C12H21N3O2/c1-8(2)5-13-12(17)6-15-10(4)11(7-16)9(3)14-15/h8,16H,5-7H2,1-4H3,(H,13,17). The molecule has 1 amide bonds. The smallest absolute Gasteiger partial charge is 0.241 e. The molecule has 5 heteroatoms. The molecule has 0 radical (unpaired) electrons. The summed E-state index contributed by atoms with van der Waals surface area (Å²) in [4.78, 5) is 11.6. The number of nitrogens with one attached hydrogen (secondary N) is 1. The van der Waals surface area contributed by atoms with E-state index in [-0.39, 0.29) is 19.1 Å². The Morgan fingerprint density at radius 3 is 2.59 bits per heavy atom. The highest BCUT2D eigenvalue weighted by Crippen LogP contribution is 2.12. The van der Waals surface area contributed by atoms with Crippen LogP contribution in [0.25, 0.3) is 0 Å². The fraction of sp³-hybridized carbons (Fsp3) is 0.667. The number of carbonyl (C=O) groups excluding carboxylic acids is 1. The second-order valence-electron chi connectivity index (χ2n) is 4.66. The van der Waals surface area contributed by atoms with Gasteiger partial charge in [0.25, 0.3) is 0 Å². The van der Waals surface area contributed by atoms with Crippen LogP contribution in [0.1, 0.15) is 30.8 Å². The summed E-state index contributed by atoms with van der Waals surface area (Å²) in [5, 5.41) is 16.3. The quantitative estimate of drug-likeness (QED) is 0.797. The first-order valence-corrected chi connectivity index (χ1v) is 5.86. The van der Waals surface area contributed by atoms with Gasteiger partial charge in [-0.2, -0.15) is 5.10 Å². The number of aryl methyl sites for hydroxylation is 1. The van der Waals surface area contributed by atoms with E-state index >= 15 is 0 Å². The molecule has 96 valence electrons. The van der Waals surface area contributed by atoms with Gasteiger partial charge >= 0.3 is 0 Å². The molecule has 0 aliphatic carbocycles. The minimum absolute atomic E-state index is 0.0364. The number of amides is 1. The molecule has 0 aromatic carbocycles. The maximum atomic E-state index is 11.6. The Bertz CT molecular complexity index is 397. The average molecular weight is 239 g/mol. The number of rotatable bonds is 5. The number of aliphatic hydroxyl groups excluding tert-OH is 1. The molecular weight excluding hydrogens is 218 g/mol. The van der Waals surface area contributed by atoms with Crippen molar-refractivity contribution in [3.63, 3.8) is 0 Å². The van der Waals surface area contributed by atoms with Crippen LogP contribution in [0.5, 0.6) is 0 Å². The number of aromatic nitrogens is 2. The van der Waals surface area contributed by atoms with Crippen LogP contribution in [0.3, 0.4) is 0 Å². The Morgan fingerprint density at radius 2 is 2.12 bits per heavy atom. The van der Waals surface area contributed by atoms with Crippen LogP contribution in [0.2, 0.25) is 0 Å². The van der Waals surface area contributed by atoms with Crippen molar-refractivity contribution in [1.29, 1.82) is 0 Å². The summed E-state index contributed by atoms with van der Waals surface area (Å²) in [6.07, 6.45) is 0. The van der Waals surface area contributed by atoms with Gasteiger partial charge < -0.3 is 10.4 Å². The second kappa shape index (κ2) is 5.82. The molecule has 0 unspecified atom stereocenters. The minimum Gasteiger partial charge on any atom is -0.392 e. The van der Waals surface area contributed by atoms with Crippen LogP contribution in [-0.4, -0.2) is 27.3 Å². The maximum absolute atomic E-state index is 11.6. The predicted octanol–water partition coefficient (Wildman–Crippen LogP) is 0.764. The van der Waals surface area contributed by atoms with Crippen LogP contribution < -0.4 is 5.32 Å². The zero-order chi connectivity index (χ0) is 13.0. The van der Waals surface area contributed by atoms with Gasteiger partial charge in [-0.3, -0.25) is 9.48 Å². The summed E-state index contributed by atoms with van der Waals surface area (Å²) in [7, 11) is 0. The highest BCUT2D eigenvalue weighted by atomic mass is 16.3. The molecule has 1 aromatic rings. The molecule has 17 heavy (non-hydrogen) atoms. The third-order valence-electron chi connectivity index (χ3n) is 2.69. The molecule has 0 saturated heterocycles. The Labute approximate surface area is 102 Å². The lowest BCUT2D eigenvalue weighted by Gasteiger charge is -2.08. The van der Waals surface area contributed by atoms with Crippen LogP contribution in [0.15, 0.2) is 0 Å². The van der Waals surface area contributed by atoms with E-state index in [0.29, 0.717) is 12.5 Å². The monoisotopic (exact) mass is 239 g/mol. The molecule has 1 heterocycles. The van der Waals surface area contributed by atoms with Gasteiger partial charge in [0, 0.05) is 17.8 Å². The van der Waals surface area contributed by atoms with Crippen LogP contribution in [0.4, 0.5) is 0 Å². The van der Waals surface area contributed by atoms with Crippen molar-refractivity contribution in [2.45, 2.75) is 40.8 Å². The molecule has 0 spiro atoms. The normalized spacial score (nSPS) is 10.9. The van der Waals surface area contributed by atoms with Gasteiger partial charge in [-0.15, -0.1) is 0 Å². The van der Waals surface area contributed by atoms with Crippen molar-refractivity contribution < 1.29 is 9.90 Å². The molecule has 5 nitrogen and oxygen atoms in total. The zero-order valence-corrected chi connectivity index (χ0v) is 10.9. The molecule has 0 bridgehead atoms. The highest BCUT2D eigenvalue weighted by molar-refractivity contribution is 5.75. The Hall–Kier alpha value is -1.36. The van der Waals surface area contributed by atoms with Crippen molar-refractivity contribution in [2.75, 3.05) is 6.54 Å². The highest BCUT2D eigenvalue weighted by Gasteiger charge is 2.12.